The lowest BCUT2D eigenvalue weighted by Gasteiger charge is -2.33. The lowest BCUT2D eigenvalue weighted by molar-refractivity contribution is -0.142. The molecule has 0 aromatic heterocycles. The third-order valence-electron chi connectivity index (χ3n) is 2.89. The predicted molar refractivity (Wildman–Crippen MR) is 72.9 cm³/mol. The van der Waals surface area contributed by atoms with Gasteiger partial charge in [0.25, 0.3) is 0 Å². The quantitative estimate of drug-likeness (QED) is 0.559. The standard InChI is InChI=1S/C12H20O2S2/c1-5-11(2,8-10(13)14-4)9-12(3)15-6-7-16-12/h5H,1,6-9H2,2-4H3/t11-/m0/s1. The van der Waals surface area contributed by atoms with E-state index in [-0.39, 0.29) is 15.5 Å². The average Bonchev–Trinajstić information content (AvgIpc) is 2.64. The fourth-order valence-electron chi connectivity index (χ4n) is 2.00. The van der Waals surface area contributed by atoms with E-state index in [1.165, 1.54) is 18.6 Å². The third-order valence-corrected chi connectivity index (χ3v) is 6.18. The number of carbonyl (C=O) groups is 1. The Morgan fingerprint density at radius 3 is 2.56 bits per heavy atom. The number of carbonyl (C=O) groups excluding carboxylic acids is 1. The van der Waals surface area contributed by atoms with Crippen LogP contribution in [0.1, 0.15) is 26.7 Å². The summed E-state index contributed by atoms with van der Waals surface area (Å²) in [6, 6.07) is 0. The molecule has 0 aromatic carbocycles. The van der Waals surface area contributed by atoms with Gasteiger partial charge in [-0.3, -0.25) is 4.79 Å². The molecule has 0 aliphatic carbocycles. The van der Waals surface area contributed by atoms with Gasteiger partial charge < -0.3 is 4.74 Å². The van der Waals surface area contributed by atoms with Crippen LogP contribution in [0.3, 0.4) is 0 Å². The molecule has 2 nitrogen and oxygen atoms in total. The van der Waals surface area contributed by atoms with Crippen LogP contribution in [-0.2, 0) is 9.53 Å². The van der Waals surface area contributed by atoms with Gasteiger partial charge in [-0.15, -0.1) is 30.1 Å². The maximum Gasteiger partial charge on any atom is 0.306 e. The van der Waals surface area contributed by atoms with Crippen LogP contribution in [0.2, 0.25) is 0 Å². The van der Waals surface area contributed by atoms with E-state index in [0.29, 0.717) is 6.42 Å². The van der Waals surface area contributed by atoms with Crippen molar-refractivity contribution in [3.63, 3.8) is 0 Å². The first-order valence-corrected chi connectivity index (χ1v) is 7.38. The number of thioether (sulfide) groups is 2. The second-order valence-electron chi connectivity index (χ2n) is 4.62. The highest BCUT2D eigenvalue weighted by molar-refractivity contribution is 8.21. The third kappa shape index (κ3) is 3.74. The molecular weight excluding hydrogens is 240 g/mol. The molecular formula is C12H20O2S2. The van der Waals surface area contributed by atoms with Crippen molar-refractivity contribution in [1.29, 1.82) is 0 Å². The Hall–Kier alpha value is -0.0900. The summed E-state index contributed by atoms with van der Waals surface area (Å²) in [6.45, 7) is 8.21. The van der Waals surface area contributed by atoms with Gasteiger partial charge in [-0.25, -0.2) is 0 Å². The highest BCUT2D eigenvalue weighted by atomic mass is 32.2. The predicted octanol–water partition coefficient (Wildman–Crippen LogP) is 3.33. The minimum atomic E-state index is -0.161. The van der Waals surface area contributed by atoms with E-state index in [1.807, 2.05) is 29.6 Å². The molecule has 0 N–H and O–H groups in total. The highest BCUT2D eigenvalue weighted by Crippen LogP contribution is 2.51. The second kappa shape index (κ2) is 5.50. The molecule has 0 radical (unpaired) electrons. The van der Waals surface area contributed by atoms with E-state index >= 15 is 0 Å². The van der Waals surface area contributed by atoms with E-state index < -0.39 is 0 Å². The molecule has 1 fully saturated rings. The van der Waals surface area contributed by atoms with Crippen molar-refractivity contribution < 1.29 is 9.53 Å². The van der Waals surface area contributed by atoms with Crippen LogP contribution < -0.4 is 0 Å². The minimum absolute atomic E-state index is 0.154. The summed E-state index contributed by atoms with van der Waals surface area (Å²) in [5.74, 6) is 2.25. The number of allylic oxidation sites excluding steroid dienone is 1. The second-order valence-corrected chi connectivity index (χ2v) is 8.07. The molecule has 1 aliphatic rings. The summed E-state index contributed by atoms with van der Waals surface area (Å²) in [6.07, 6.45) is 3.28. The summed E-state index contributed by atoms with van der Waals surface area (Å²) in [4.78, 5) is 11.4. The van der Waals surface area contributed by atoms with Crippen molar-refractivity contribution in [2.75, 3.05) is 18.6 Å². The van der Waals surface area contributed by atoms with Crippen molar-refractivity contribution >= 4 is 29.5 Å². The fourth-order valence-corrected chi connectivity index (χ4v) is 5.23. The van der Waals surface area contributed by atoms with E-state index in [2.05, 4.69) is 20.4 Å². The van der Waals surface area contributed by atoms with Crippen molar-refractivity contribution in [2.45, 2.75) is 30.8 Å². The minimum Gasteiger partial charge on any atom is -0.469 e. The van der Waals surface area contributed by atoms with Crippen molar-refractivity contribution in [3.8, 4) is 0 Å². The zero-order valence-corrected chi connectivity index (χ0v) is 11.9. The number of methoxy groups -OCH3 is 1. The van der Waals surface area contributed by atoms with Crippen LogP contribution in [-0.4, -0.2) is 28.7 Å². The number of hydrogen-bond acceptors (Lipinski definition) is 4. The normalized spacial score (nSPS) is 22.4. The Bertz CT molecular complexity index is 272. The molecule has 1 aliphatic heterocycles. The molecule has 0 amide bonds. The molecule has 0 aromatic rings. The molecule has 1 atom stereocenters. The summed E-state index contributed by atoms with van der Waals surface area (Å²) < 4.78 is 4.96. The van der Waals surface area contributed by atoms with Crippen molar-refractivity contribution in [1.82, 2.24) is 0 Å². The Morgan fingerprint density at radius 1 is 1.56 bits per heavy atom. The van der Waals surface area contributed by atoms with Crippen LogP contribution in [0.4, 0.5) is 0 Å². The fraction of sp³-hybridized carbons (Fsp3) is 0.750. The lowest BCUT2D eigenvalue weighted by atomic mass is 9.82. The van der Waals surface area contributed by atoms with Gasteiger partial charge in [0.15, 0.2) is 0 Å². The lowest BCUT2D eigenvalue weighted by Crippen LogP contribution is -2.27. The Morgan fingerprint density at radius 2 is 2.12 bits per heavy atom. The van der Waals surface area contributed by atoms with Gasteiger partial charge in [-0.1, -0.05) is 13.0 Å². The first-order valence-electron chi connectivity index (χ1n) is 5.41. The summed E-state index contributed by atoms with van der Waals surface area (Å²) in [5.41, 5.74) is -0.161. The molecule has 1 rings (SSSR count). The van der Waals surface area contributed by atoms with Gasteiger partial charge in [-0.2, -0.15) is 0 Å². The maximum atomic E-state index is 11.4. The molecule has 1 saturated heterocycles. The first-order chi connectivity index (χ1) is 7.43. The van der Waals surface area contributed by atoms with Crippen molar-refractivity contribution in [2.24, 2.45) is 5.41 Å². The Kier molecular flexibility index (Phi) is 4.80. The van der Waals surface area contributed by atoms with E-state index in [9.17, 15) is 4.79 Å². The smallest absolute Gasteiger partial charge is 0.306 e. The summed E-state index contributed by atoms with van der Waals surface area (Å²) in [5, 5.41) is 0. The number of ether oxygens (including phenoxy) is 1. The van der Waals surface area contributed by atoms with Crippen LogP contribution in [0.25, 0.3) is 0 Å². The number of rotatable bonds is 5. The SMILES string of the molecule is C=C[C@@](C)(CC(=O)OC)CC1(C)SCCS1. The molecule has 0 saturated carbocycles. The average molecular weight is 260 g/mol. The van der Waals surface area contributed by atoms with Crippen LogP contribution in [0, 0.1) is 5.41 Å². The number of esters is 1. The highest BCUT2D eigenvalue weighted by Gasteiger charge is 2.38. The van der Waals surface area contributed by atoms with Crippen LogP contribution in [0.5, 0.6) is 0 Å². The maximum absolute atomic E-state index is 11.4. The van der Waals surface area contributed by atoms with Gasteiger partial charge >= 0.3 is 5.97 Å². The Labute approximate surface area is 107 Å². The van der Waals surface area contributed by atoms with Crippen LogP contribution in [0.15, 0.2) is 12.7 Å². The molecule has 0 bridgehead atoms. The van der Waals surface area contributed by atoms with E-state index in [1.54, 1.807) is 0 Å². The first kappa shape index (κ1) is 14.0. The molecule has 92 valence electrons. The monoisotopic (exact) mass is 260 g/mol. The summed E-state index contributed by atoms with van der Waals surface area (Å²) in [7, 11) is 1.44. The van der Waals surface area contributed by atoms with Gasteiger partial charge in [0.2, 0.25) is 0 Å². The van der Waals surface area contributed by atoms with Gasteiger partial charge in [0.05, 0.1) is 17.6 Å². The Balaban J connectivity index is 2.65. The molecule has 4 heteroatoms. The molecule has 0 spiro atoms. The van der Waals surface area contributed by atoms with Gasteiger partial charge in [0, 0.05) is 11.5 Å². The molecule has 1 heterocycles. The van der Waals surface area contributed by atoms with E-state index in [4.69, 9.17) is 4.74 Å². The van der Waals surface area contributed by atoms with Gasteiger partial charge in [0.1, 0.15) is 0 Å². The topological polar surface area (TPSA) is 26.3 Å². The zero-order valence-electron chi connectivity index (χ0n) is 10.2. The summed E-state index contributed by atoms with van der Waals surface area (Å²) >= 11 is 3.97. The zero-order chi connectivity index (χ0) is 12.2. The van der Waals surface area contributed by atoms with Crippen molar-refractivity contribution in [3.05, 3.63) is 12.7 Å². The van der Waals surface area contributed by atoms with Crippen LogP contribution >= 0.6 is 23.5 Å². The number of hydrogen-bond donors (Lipinski definition) is 0. The van der Waals surface area contributed by atoms with E-state index in [0.717, 1.165) is 6.42 Å². The molecule has 16 heavy (non-hydrogen) atoms. The molecule has 0 unspecified atom stereocenters. The van der Waals surface area contributed by atoms with Gasteiger partial charge in [-0.05, 0) is 18.8 Å². The largest absolute Gasteiger partial charge is 0.469 e.